The second kappa shape index (κ2) is 9.28. The van der Waals surface area contributed by atoms with Crippen molar-refractivity contribution in [2.24, 2.45) is 0 Å². The molecular formula is C25H21F3N2O5. The lowest BCUT2D eigenvalue weighted by Gasteiger charge is -2.22. The van der Waals surface area contributed by atoms with Gasteiger partial charge in [0.25, 0.3) is 11.5 Å². The summed E-state index contributed by atoms with van der Waals surface area (Å²) in [5, 5.41) is 2.61. The summed E-state index contributed by atoms with van der Waals surface area (Å²) in [7, 11) is 2.89. The highest BCUT2D eigenvalue weighted by Crippen LogP contribution is 2.31. The standard InChI is InChI=1S/C25H21F3N2O5/c1-34-17-10-15(11-18(12-17)35-2)29-23(32)20-13-19-21(4-3-5-22(19)31)30(24(20)33)16-8-6-14(7-9-16)25(26,27)28/h6-13H,3-5H2,1-2H3,(H,29,32). The van der Waals surface area contributed by atoms with Crippen LogP contribution in [0.2, 0.25) is 0 Å². The van der Waals surface area contributed by atoms with Crippen molar-refractivity contribution in [2.75, 3.05) is 19.5 Å². The number of pyridine rings is 1. The van der Waals surface area contributed by atoms with Crippen LogP contribution in [-0.4, -0.2) is 30.5 Å². The quantitative estimate of drug-likeness (QED) is 0.568. The molecule has 1 aliphatic rings. The predicted molar refractivity (Wildman–Crippen MR) is 122 cm³/mol. The van der Waals surface area contributed by atoms with Crippen LogP contribution < -0.4 is 20.3 Å². The molecule has 1 aliphatic carbocycles. The third-order valence-corrected chi connectivity index (χ3v) is 5.73. The zero-order valence-corrected chi connectivity index (χ0v) is 18.9. The summed E-state index contributed by atoms with van der Waals surface area (Å²) in [6, 6.07) is 9.92. The van der Waals surface area contributed by atoms with Crippen molar-refractivity contribution in [2.45, 2.75) is 25.4 Å². The molecule has 3 aromatic rings. The molecule has 0 radical (unpaired) electrons. The fraction of sp³-hybridized carbons (Fsp3) is 0.240. The number of carbonyl (C=O) groups is 2. The Labute approximate surface area is 198 Å². The van der Waals surface area contributed by atoms with E-state index in [4.69, 9.17) is 9.47 Å². The number of hydrogen-bond acceptors (Lipinski definition) is 5. The number of rotatable bonds is 5. The molecule has 0 saturated heterocycles. The van der Waals surface area contributed by atoms with Crippen LogP contribution in [0.25, 0.3) is 5.69 Å². The van der Waals surface area contributed by atoms with Gasteiger partial charge in [-0.25, -0.2) is 0 Å². The van der Waals surface area contributed by atoms with Gasteiger partial charge in [-0.3, -0.25) is 19.0 Å². The van der Waals surface area contributed by atoms with Gasteiger partial charge < -0.3 is 14.8 Å². The van der Waals surface area contributed by atoms with Crippen LogP contribution in [0.5, 0.6) is 11.5 Å². The molecule has 1 heterocycles. The van der Waals surface area contributed by atoms with Gasteiger partial charge in [0, 0.05) is 47.3 Å². The molecule has 182 valence electrons. The van der Waals surface area contributed by atoms with E-state index in [0.29, 0.717) is 30.0 Å². The minimum absolute atomic E-state index is 0.131. The van der Waals surface area contributed by atoms with E-state index in [9.17, 15) is 27.6 Å². The lowest BCUT2D eigenvalue weighted by atomic mass is 9.92. The van der Waals surface area contributed by atoms with E-state index in [-0.39, 0.29) is 34.7 Å². The molecule has 0 saturated carbocycles. The Morgan fingerprint density at radius 3 is 2.14 bits per heavy atom. The number of nitrogens with zero attached hydrogens (tertiary/aromatic N) is 1. The van der Waals surface area contributed by atoms with E-state index in [0.717, 1.165) is 28.8 Å². The molecule has 2 aromatic carbocycles. The summed E-state index contributed by atoms with van der Waals surface area (Å²) in [5.41, 5.74) is -0.955. The smallest absolute Gasteiger partial charge is 0.416 e. The number of fused-ring (bicyclic) bond motifs is 1. The van der Waals surface area contributed by atoms with Gasteiger partial charge in [-0.2, -0.15) is 13.2 Å². The number of alkyl halides is 3. The number of methoxy groups -OCH3 is 2. The third-order valence-electron chi connectivity index (χ3n) is 5.73. The van der Waals surface area contributed by atoms with Crippen molar-refractivity contribution >= 4 is 17.4 Å². The van der Waals surface area contributed by atoms with Crippen LogP contribution in [0.1, 0.15) is 44.8 Å². The Bertz CT molecular complexity index is 1340. The van der Waals surface area contributed by atoms with Crippen molar-refractivity contribution in [3.8, 4) is 17.2 Å². The average molecular weight is 486 g/mol. The highest BCUT2D eigenvalue weighted by atomic mass is 19.4. The van der Waals surface area contributed by atoms with Gasteiger partial charge in [0.15, 0.2) is 5.78 Å². The number of anilines is 1. The van der Waals surface area contributed by atoms with Crippen molar-refractivity contribution < 1.29 is 32.2 Å². The van der Waals surface area contributed by atoms with E-state index < -0.39 is 23.2 Å². The summed E-state index contributed by atoms with van der Waals surface area (Å²) >= 11 is 0. The lowest BCUT2D eigenvalue weighted by Crippen LogP contribution is -2.33. The first-order valence-corrected chi connectivity index (χ1v) is 10.7. The molecule has 0 unspecified atom stereocenters. The summed E-state index contributed by atoms with van der Waals surface area (Å²) < 4.78 is 50.6. The highest BCUT2D eigenvalue weighted by molar-refractivity contribution is 6.07. The number of ketones is 1. The second-order valence-corrected chi connectivity index (χ2v) is 7.94. The first kappa shape index (κ1) is 24.1. The number of ether oxygens (including phenoxy) is 2. The van der Waals surface area contributed by atoms with Gasteiger partial charge in [-0.1, -0.05) is 0 Å². The number of amides is 1. The molecule has 4 rings (SSSR count). The Hall–Kier alpha value is -4.08. The Morgan fingerprint density at radius 1 is 0.943 bits per heavy atom. The fourth-order valence-corrected chi connectivity index (χ4v) is 4.01. The Morgan fingerprint density at radius 2 is 1.57 bits per heavy atom. The van der Waals surface area contributed by atoms with Gasteiger partial charge in [0.1, 0.15) is 17.1 Å². The fourth-order valence-electron chi connectivity index (χ4n) is 4.01. The third kappa shape index (κ3) is 4.77. The molecule has 1 amide bonds. The highest BCUT2D eigenvalue weighted by Gasteiger charge is 2.31. The zero-order valence-electron chi connectivity index (χ0n) is 18.9. The number of halogens is 3. The molecule has 1 aromatic heterocycles. The summed E-state index contributed by atoms with van der Waals surface area (Å²) in [6.45, 7) is 0. The normalized spacial score (nSPS) is 13.2. The van der Waals surface area contributed by atoms with Gasteiger partial charge in [-0.05, 0) is 43.2 Å². The van der Waals surface area contributed by atoms with Gasteiger partial charge in [0.2, 0.25) is 0 Å². The van der Waals surface area contributed by atoms with E-state index in [1.54, 1.807) is 6.07 Å². The van der Waals surface area contributed by atoms with Crippen LogP contribution in [0.3, 0.4) is 0 Å². The van der Waals surface area contributed by atoms with E-state index >= 15 is 0 Å². The first-order chi connectivity index (χ1) is 16.6. The summed E-state index contributed by atoms with van der Waals surface area (Å²) in [4.78, 5) is 39.2. The predicted octanol–water partition coefficient (Wildman–Crippen LogP) is 4.64. The summed E-state index contributed by atoms with van der Waals surface area (Å²) in [6.07, 6.45) is -3.45. The minimum atomic E-state index is -4.54. The second-order valence-electron chi connectivity index (χ2n) is 7.94. The Kier molecular flexibility index (Phi) is 6.38. The largest absolute Gasteiger partial charge is 0.497 e. The van der Waals surface area contributed by atoms with Gasteiger partial charge in [0.05, 0.1) is 19.8 Å². The molecule has 0 fully saturated rings. The van der Waals surface area contributed by atoms with E-state index in [2.05, 4.69) is 5.32 Å². The molecule has 10 heteroatoms. The maximum atomic E-state index is 13.4. The van der Waals surface area contributed by atoms with Crippen molar-refractivity contribution in [1.29, 1.82) is 0 Å². The van der Waals surface area contributed by atoms with Crippen LogP contribution in [0, 0.1) is 0 Å². The molecule has 0 bridgehead atoms. The van der Waals surface area contributed by atoms with Crippen molar-refractivity contribution in [1.82, 2.24) is 4.57 Å². The number of carbonyl (C=O) groups excluding carboxylic acids is 2. The Balaban J connectivity index is 1.82. The van der Waals surface area contributed by atoms with Crippen LogP contribution in [0.15, 0.2) is 53.3 Å². The number of aromatic nitrogens is 1. The lowest BCUT2D eigenvalue weighted by molar-refractivity contribution is -0.137. The maximum Gasteiger partial charge on any atom is 0.416 e. The summed E-state index contributed by atoms with van der Waals surface area (Å²) in [5.74, 6) is -0.221. The number of Topliss-reactive ketones (excluding diaryl/α,β-unsaturated/α-hetero) is 1. The monoisotopic (exact) mass is 486 g/mol. The van der Waals surface area contributed by atoms with E-state index in [1.807, 2.05) is 0 Å². The van der Waals surface area contributed by atoms with Gasteiger partial charge in [-0.15, -0.1) is 0 Å². The van der Waals surface area contributed by atoms with Crippen LogP contribution >= 0.6 is 0 Å². The minimum Gasteiger partial charge on any atom is -0.497 e. The first-order valence-electron chi connectivity index (χ1n) is 10.7. The molecule has 0 atom stereocenters. The topological polar surface area (TPSA) is 86.6 Å². The number of nitrogens with one attached hydrogen (secondary N) is 1. The maximum absolute atomic E-state index is 13.4. The average Bonchev–Trinajstić information content (AvgIpc) is 2.83. The number of benzene rings is 2. The molecule has 0 spiro atoms. The zero-order chi connectivity index (χ0) is 25.3. The van der Waals surface area contributed by atoms with Crippen LogP contribution in [0.4, 0.5) is 18.9 Å². The van der Waals surface area contributed by atoms with Crippen molar-refractivity contribution in [3.05, 3.63) is 81.3 Å². The van der Waals surface area contributed by atoms with Gasteiger partial charge >= 0.3 is 6.18 Å². The molecule has 35 heavy (non-hydrogen) atoms. The van der Waals surface area contributed by atoms with E-state index in [1.165, 1.54) is 32.4 Å². The molecule has 0 aliphatic heterocycles. The van der Waals surface area contributed by atoms with Crippen molar-refractivity contribution in [3.63, 3.8) is 0 Å². The molecule has 7 nitrogen and oxygen atoms in total. The molecule has 1 N–H and O–H groups in total. The number of hydrogen-bond donors (Lipinski definition) is 1. The molecular weight excluding hydrogens is 465 g/mol. The SMILES string of the molecule is COc1cc(NC(=O)c2cc3c(n(-c4ccc(C(F)(F)F)cc4)c2=O)CCCC3=O)cc(OC)c1. The van der Waals surface area contributed by atoms with Crippen LogP contribution in [-0.2, 0) is 12.6 Å².